The lowest BCUT2D eigenvalue weighted by Gasteiger charge is -2.07. The molecule has 3 N–H and O–H groups in total. The van der Waals surface area contributed by atoms with E-state index >= 15 is 0 Å². The van der Waals surface area contributed by atoms with Crippen molar-refractivity contribution in [1.29, 1.82) is 0 Å². The fraction of sp³-hybridized carbons (Fsp3) is 0.154. The van der Waals surface area contributed by atoms with Crippen LogP contribution in [0.5, 0.6) is 0 Å². The lowest BCUT2D eigenvalue weighted by Crippen LogP contribution is -2.14. The molecule has 1 atom stereocenters. The summed E-state index contributed by atoms with van der Waals surface area (Å²) in [5.41, 5.74) is 6.83. The molecular weight excluding hydrogens is 382 g/mol. The summed E-state index contributed by atoms with van der Waals surface area (Å²) in [5.74, 6) is 1.04. The molecule has 1 unspecified atom stereocenters. The van der Waals surface area contributed by atoms with Gasteiger partial charge in [0.05, 0.1) is 36.2 Å². The molecule has 0 saturated carbocycles. The van der Waals surface area contributed by atoms with E-state index in [0.717, 1.165) is 41.3 Å². The van der Waals surface area contributed by atoms with Crippen LogP contribution in [0.15, 0.2) is 79.4 Å². The Kier molecular flexibility index (Phi) is 4.39. The maximum absolute atomic E-state index is 4.59. The van der Waals surface area contributed by atoms with Gasteiger partial charge in [-0.3, -0.25) is 0 Å². The van der Waals surface area contributed by atoms with E-state index in [4.69, 9.17) is 0 Å². The fourth-order valence-electron chi connectivity index (χ4n) is 4.43. The van der Waals surface area contributed by atoms with Crippen LogP contribution in [0, 0.1) is 0 Å². The molecule has 5 heteroatoms. The molecule has 6 rings (SSSR count). The Morgan fingerprint density at radius 2 is 1.48 bits per heavy atom. The SMILES string of the molecule is c1ncc(-c2ccc3cc(-c4ccc(-c5cnc(C6CCCN6)[nH]5)cc4)ccc3c2)[nH]1. The quantitative estimate of drug-likeness (QED) is 0.359. The number of benzene rings is 3. The van der Waals surface area contributed by atoms with Gasteiger partial charge in [-0.2, -0.15) is 0 Å². The van der Waals surface area contributed by atoms with Crippen LogP contribution in [0.25, 0.3) is 44.4 Å². The van der Waals surface area contributed by atoms with Gasteiger partial charge in [0, 0.05) is 5.56 Å². The minimum absolute atomic E-state index is 0.361. The first-order valence-electron chi connectivity index (χ1n) is 10.8. The molecule has 0 spiro atoms. The average Bonchev–Trinajstić information content (AvgIpc) is 3.60. The minimum Gasteiger partial charge on any atom is -0.345 e. The highest BCUT2D eigenvalue weighted by atomic mass is 15.0. The van der Waals surface area contributed by atoms with Crippen molar-refractivity contribution in [1.82, 2.24) is 25.3 Å². The average molecular weight is 406 g/mol. The van der Waals surface area contributed by atoms with Gasteiger partial charge in [-0.25, -0.2) is 9.97 Å². The first-order chi connectivity index (χ1) is 15.3. The molecule has 0 radical (unpaired) electrons. The summed E-state index contributed by atoms with van der Waals surface area (Å²) < 4.78 is 0. The number of aromatic amines is 2. The monoisotopic (exact) mass is 405 g/mol. The first kappa shape index (κ1) is 18.1. The summed E-state index contributed by atoms with van der Waals surface area (Å²) in [4.78, 5) is 15.4. The van der Waals surface area contributed by atoms with Gasteiger partial charge in [-0.05, 0) is 59.0 Å². The topological polar surface area (TPSA) is 69.4 Å². The van der Waals surface area contributed by atoms with Gasteiger partial charge in [0.15, 0.2) is 0 Å². The van der Waals surface area contributed by atoms with Gasteiger partial charge in [-0.15, -0.1) is 0 Å². The van der Waals surface area contributed by atoms with Crippen LogP contribution in [-0.2, 0) is 0 Å². The van der Waals surface area contributed by atoms with Crippen LogP contribution in [0.3, 0.4) is 0 Å². The van der Waals surface area contributed by atoms with E-state index in [0.29, 0.717) is 6.04 Å². The zero-order valence-electron chi connectivity index (χ0n) is 17.1. The van der Waals surface area contributed by atoms with Crippen molar-refractivity contribution in [3.8, 4) is 33.6 Å². The molecule has 3 heterocycles. The Labute approximate surface area is 180 Å². The minimum atomic E-state index is 0.361. The maximum Gasteiger partial charge on any atom is 0.123 e. The molecule has 1 aliphatic rings. The van der Waals surface area contributed by atoms with Crippen LogP contribution in [-0.4, -0.2) is 26.5 Å². The highest BCUT2D eigenvalue weighted by molar-refractivity contribution is 5.90. The zero-order chi connectivity index (χ0) is 20.6. The molecule has 5 nitrogen and oxygen atoms in total. The number of hydrogen-bond acceptors (Lipinski definition) is 3. The number of nitrogens with one attached hydrogen (secondary N) is 3. The van der Waals surface area contributed by atoms with E-state index in [1.165, 1.54) is 28.3 Å². The lowest BCUT2D eigenvalue weighted by molar-refractivity contribution is 0.613. The van der Waals surface area contributed by atoms with Crippen LogP contribution in [0.4, 0.5) is 0 Å². The molecule has 5 aromatic rings. The zero-order valence-corrected chi connectivity index (χ0v) is 17.1. The summed E-state index contributed by atoms with van der Waals surface area (Å²) in [6.45, 7) is 1.08. The second-order valence-electron chi connectivity index (χ2n) is 8.15. The molecule has 31 heavy (non-hydrogen) atoms. The van der Waals surface area contributed by atoms with Crippen molar-refractivity contribution >= 4 is 10.8 Å². The number of rotatable bonds is 4. The van der Waals surface area contributed by atoms with Crippen molar-refractivity contribution in [2.75, 3.05) is 6.54 Å². The van der Waals surface area contributed by atoms with Gasteiger partial charge >= 0.3 is 0 Å². The Bertz CT molecular complexity index is 1330. The lowest BCUT2D eigenvalue weighted by atomic mass is 9.98. The van der Waals surface area contributed by atoms with Crippen molar-refractivity contribution in [2.45, 2.75) is 18.9 Å². The molecule has 2 aromatic heterocycles. The molecule has 1 saturated heterocycles. The van der Waals surface area contributed by atoms with E-state index in [-0.39, 0.29) is 0 Å². The van der Waals surface area contributed by atoms with E-state index < -0.39 is 0 Å². The smallest absolute Gasteiger partial charge is 0.123 e. The summed E-state index contributed by atoms with van der Waals surface area (Å²) in [6, 6.07) is 22.2. The summed E-state index contributed by atoms with van der Waals surface area (Å²) in [5, 5.41) is 5.94. The number of nitrogens with zero attached hydrogens (tertiary/aromatic N) is 2. The molecule has 152 valence electrons. The Morgan fingerprint density at radius 3 is 2.23 bits per heavy atom. The number of H-pyrrole nitrogens is 2. The predicted molar refractivity (Wildman–Crippen MR) is 125 cm³/mol. The summed E-state index contributed by atoms with van der Waals surface area (Å²) in [7, 11) is 0. The fourth-order valence-corrected chi connectivity index (χ4v) is 4.43. The van der Waals surface area contributed by atoms with E-state index in [1.54, 1.807) is 6.33 Å². The van der Waals surface area contributed by atoms with Crippen LogP contribution in [0.1, 0.15) is 24.7 Å². The first-order valence-corrected chi connectivity index (χ1v) is 10.8. The van der Waals surface area contributed by atoms with Crippen molar-refractivity contribution in [2.24, 2.45) is 0 Å². The Balaban J connectivity index is 1.26. The highest BCUT2D eigenvalue weighted by Gasteiger charge is 2.19. The highest BCUT2D eigenvalue weighted by Crippen LogP contribution is 2.30. The largest absolute Gasteiger partial charge is 0.345 e. The van der Waals surface area contributed by atoms with Crippen molar-refractivity contribution in [3.63, 3.8) is 0 Å². The molecular formula is C26H23N5. The summed E-state index contributed by atoms with van der Waals surface area (Å²) >= 11 is 0. The standard InChI is InChI=1S/C26H23N5/c1-2-23(28-11-1)26-29-15-25(31-26)18-5-3-17(4-6-18)19-7-8-21-13-22(10-9-20(21)12-19)24-14-27-16-30-24/h3-10,12-16,23,28H,1-2,11H2,(H,27,30)(H,29,31). The van der Waals surface area contributed by atoms with Crippen LogP contribution < -0.4 is 5.32 Å². The molecule has 0 bridgehead atoms. The third-order valence-corrected chi connectivity index (χ3v) is 6.16. The third kappa shape index (κ3) is 3.43. The van der Waals surface area contributed by atoms with Gasteiger partial charge in [-0.1, -0.05) is 48.5 Å². The van der Waals surface area contributed by atoms with E-state index in [2.05, 4.69) is 85.9 Å². The van der Waals surface area contributed by atoms with Gasteiger partial charge in [0.2, 0.25) is 0 Å². The summed E-state index contributed by atoms with van der Waals surface area (Å²) in [6.07, 6.45) is 7.87. The number of imidazole rings is 2. The van der Waals surface area contributed by atoms with Gasteiger partial charge < -0.3 is 15.3 Å². The number of fused-ring (bicyclic) bond motifs is 1. The predicted octanol–water partition coefficient (Wildman–Crippen LogP) is 5.71. The Morgan fingerprint density at radius 1 is 0.742 bits per heavy atom. The van der Waals surface area contributed by atoms with Gasteiger partial charge in [0.25, 0.3) is 0 Å². The van der Waals surface area contributed by atoms with Crippen LogP contribution >= 0.6 is 0 Å². The second kappa shape index (κ2) is 7.52. The molecule has 1 aliphatic heterocycles. The van der Waals surface area contributed by atoms with Crippen molar-refractivity contribution < 1.29 is 0 Å². The molecule has 1 fully saturated rings. The third-order valence-electron chi connectivity index (χ3n) is 6.16. The molecule has 3 aromatic carbocycles. The molecule has 0 aliphatic carbocycles. The maximum atomic E-state index is 4.59. The van der Waals surface area contributed by atoms with E-state index in [1.807, 2.05) is 12.4 Å². The van der Waals surface area contributed by atoms with Crippen LogP contribution in [0.2, 0.25) is 0 Å². The number of hydrogen-bond donors (Lipinski definition) is 3. The second-order valence-corrected chi connectivity index (χ2v) is 8.15. The Hall–Kier alpha value is -3.70. The van der Waals surface area contributed by atoms with E-state index in [9.17, 15) is 0 Å². The number of aromatic nitrogens is 4. The van der Waals surface area contributed by atoms with Crippen molar-refractivity contribution in [3.05, 3.63) is 85.2 Å². The molecule has 0 amide bonds. The van der Waals surface area contributed by atoms with Gasteiger partial charge in [0.1, 0.15) is 5.82 Å². The normalized spacial score (nSPS) is 16.2.